The summed E-state index contributed by atoms with van der Waals surface area (Å²) in [6.07, 6.45) is 10.6. The molecule has 0 heterocycles. The SMILES string of the molecule is OC12C=Cc3ccccc3C1=CC=CC2. The van der Waals surface area contributed by atoms with Gasteiger partial charge in [-0.25, -0.2) is 0 Å². The zero-order valence-corrected chi connectivity index (χ0v) is 8.35. The van der Waals surface area contributed by atoms with Crippen molar-refractivity contribution in [3.05, 3.63) is 59.7 Å². The standard InChI is InChI=1S/C14H12O/c15-14-9-4-3-7-13(14)12-6-2-1-5-11(12)8-10-14/h1-8,10,15H,9H2. The summed E-state index contributed by atoms with van der Waals surface area (Å²) < 4.78 is 0. The molecule has 0 aliphatic heterocycles. The molecule has 74 valence electrons. The van der Waals surface area contributed by atoms with Crippen LogP contribution in [-0.2, 0) is 0 Å². The predicted molar refractivity (Wildman–Crippen MR) is 62.2 cm³/mol. The Morgan fingerprint density at radius 2 is 2.07 bits per heavy atom. The Balaban J connectivity index is 2.26. The number of rotatable bonds is 0. The van der Waals surface area contributed by atoms with Gasteiger partial charge in [-0.15, -0.1) is 0 Å². The van der Waals surface area contributed by atoms with Crippen molar-refractivity contribution in [1.82, 2.24) is 0 Å². The van der Waals surface area contributed by atoms with E-state index in [1.54, 1.807) is 0 Å². The van der Waals surface area contributed by atoms with Crippen LogP contribution in [0.3, 0.4) is 0 Å². The van der Waals surface area contributed by atoms with Crippen molar-refractivity contribution in [2.24, 2.45) is 0 Å². The molecule has 1 aromatic rings. The van der Waals surface area contributed by atoms with Crippen molar-refractivity contribution < 1.29 is 5.11 Å². The Morgan fingerprint density at radius 1 is 1.20 bits per heavy atom. The van der Waals surface area contributed by atoms with Crippen molar-refractivity contribution in [2.75, 3.05) is 0 Å². The first-order valence-corrected chi connectivity index (χ1v) is 5.18. The number of hydrogen-bond donors (Lipinski definition) is 1. The summed E-state index contributed by atoms with van der Waals surface area (Å²) in [5.41, 5.74) is 2.56. The van der Waals surface area contributed by atoms with Gasteiger partial charge in [0.05, 0.1) is 0 Å². The molecule has 1 unspecified atom stereocenters. The molecule has 0 fully saturated rings. The van der Waals surface area contributed by atoms with E-state index in [0.717, 1.165) is 11.1 Å². The molecule has 0 saturated carbocycles. The average molecular weight is 196 g/mol. The summed E-state index contributed by atoms with van der Waals surface area (Å²) >= 11 is 0. The van der Waals surface area contributed by atoms with Crippen molar-refractivity contribution in [3.8, 4) is 0 Å². The maximum atomic E-state index is 10.4. The van der Waals surface area contributed by atoms with Gasteiger partial charge >= 0.3 is 0 Å². The van der Waals surface area contributed by atoms with Gasteiger partial charge in [-0.05, 0) is 22.8 Å². The van der Waals surface area contributed by atoms with E-state index in [9.17, 15) is 5.11 Å². The van der Waals surface area contributed by atoms with Crippen LogP contribution in [0.5, 0.6) is 0 Å². The van der Waals surface area contributed by atoms with Crippen molar-refractivity contribution >= 4 is 11.6 Å². The molecule has 1 heteroatoms. The van der Waals surface area contributed by atoms with E-state index in [1.807, 2.05) is 42.5 Å². The smallest absolute Gasteiger partial charge is 0.112 e. The summed E-state index contributed by atoms with van der Waals surface area (Å²) in [7, 11) is 0. The zero-order chi connectivity index (χ0) is 10.3. The minimum Gasteiger partial charge on any atom is -0.381 e. The van der Waals surface area contributed by atoms with Crippen LogP contribution < -0.4 is 0 Å². The molecule has 1 atom stereocenters. The number of allylic oxidation sites excluding steroid dienone is 2. The van der Waals surface area contributed by atoms with Crippen LogP contribution >= 0.6 is 0 Å². The number of fused-ring (bicyclic) bond motifs is 3. The first-order valence-electron chi connectivity index (χ1n) is 5.18. The molecule has 0 bridgehead atoms. The van der Waals surface area contributed by atoms with E-state index in [-0.39, 0.29) is 0 Å². The molecular weight excluding hydrogens is 184 g/mol. The highest BCUT2D eigenvalue weighted by Gasteiger charge is 2.33. The molecule has 1 N–H and O–H groups in total. The van der Waals surface area contributed by atoms with Crippen LogP contribution in [0.15, 0.2) is 48.6 Å². The van der Waals surface area contributed by atoms with Gasteiger partial charge in [0.25, 0.3) is 0 Å². The molecule has 1 nitrogen and oxygen atoms in total. The Labute approximate surface area is 89.1 Å². The molecule has 0 amide bonds. The van der Waals surface area contributed by atoms with Crippen LogP contribution in [0.4, 0.5) is 0 Å². The van der Waals surface area contributed by atoms with E-state index in [0.29, 0.717) is 6.42 Å². The van der Waals surface area contributed by atoms with Gasteiger partial charge in [-0.2, -0.15) is 0 Å². The highest BCUT2D eigenvalue weighted by Crippen LogP contribution is 2.40. The molecular formula is C14H12O. The van der Waals surface area contributed by atoms with E-state index < -0.39 is 5.60 Å². The maximum absolute atomic E-state index is 10.4. The zero-order valence-electron chi connectivity index (χ0n) is 8.35. The normalized spacial score (nSPS) is 26.9. The number of benzene rings is 1. The second-order valence-electron chi connectivity index (χ2n) is 4.06. The first-order chi connectivity index (χ1) is 7.30. The van der Waals surface area contributed by atoms with Crippen molar-refractivity contribution in [2.45, 2.75) is 12.0 Å². The molecule has 15 heavy (non-hydrogen) atoms. The van der Waals surface area contributed by atoms with Crippen molar-refractivity contribution in [1.29, 1.82) is 0 Å². The van der Waals surface area contributed by atoms with E-state index in [2.05, 4.69) is 12.1 Å². The van der Waals surface area contributed by atoms with Crippen molar-refractivity contribution in [3.63, 3.8) is 0 Å². The molecule has 0 aromatic heterocycles. The van der Waals surface area contributed by atoms with Gasteiger partial charge in [0.1, 0.15) is 5.60 Å². The Hall–Kier alpha value is -1.60. The summed E-state index contributed by atoms with van der Waals surface area (Å²) in [6, 6.07) is 8.17. The summed E-state index contributed by atoms with van der Waals surface area (Å²) in [5, 5.41) is 10.4. The predicted octanol–water partition coefficient (Wildman–Crippen LogP) is 2.79. The molecule has 0 saturated heterocycles. The van der Waals surface area contributed by atoms with Gasteiger partial charge < -0.3 is 5.11 Å². The van der Waals surface area contributed by atoms with Crippen LogP contribution in [0.2, 0.25) is 0 Å². The lowest BCUT2D eigenvalue weighted by Gasteiger charge is -2.33. The third-order valence-corrected chi connectivity index (χ3v) is 3.08. The van der Waals surface area contributed by atoms with Crippen LogP contribution in [0, 0.1) is 0 Å². The summed E-state index contributed by atoms with van der Waals surface area (Å²) in [4.78, 5) is 0. The Kier molecular flexibility index (Phi) is 1.70. The molecule has 2 aliphatic rings. The Morgan fingerprint density at radius 3 is 3.00 bits per heavy atom. The quantitative estimate of drug-likeness (QED) is 0.676. The van der Waals surface area contributed by atoms with Gasteiger partial charge in [0.2, 0.25) is 0 Å². The van der Waals surface area contributed by atoms with Crippen LogP contribution in [0.1, 0.15) is 17.5 Å². The first kappa shape index (κ1) is 8.69. The fourth-order valence-corrected chi connectivity index (χ4v) is 2.26. The fourth-order valence-electron chi connectivity index (χ4n) is 2.26. The molecule has 3 rings (SSSR count). The Bertz CT molecular complexity index is 494. The van der Waals surface area contributed by atoms with Gasteiger partial charge in [0, 0.05) is 6.42 Å². The lowest BCUT2D eigenvalue weighted by Crippen LogP contribution is -2.30. The maximum Gasteiger partial charge on any atom is 0.112 e. The van der Waals surface area contributed by atoms with Crippen LogP contribution in [-0.4, -0.2) is 10.7 Å². The second kappa shape index (κ2) is 2.94. The third kappa shape index (κ3) is 1.20. The van der Waals surface area contributed by atoms with E-state index >= 15 is 0 Å². The average Bonchev–Trinajstić information content (AvgIpc) is 2.28. The summed E-state index contributed by atoms with van der Waals surface area (Å²) in [6.45, 7) is 0. The highest BCUT2D eigenvalue weighted by molar-refractivity contribution is 5.86. The molecule has 2 aliphatic carbocycles. The van der Waals surface area contributed by atoms with E-state index in [1.165, 1.54) is 5.56 Å². The second-order valence-corrected chi connectivity index (χ2v) is 4.06. The minimum absolute atomic E-state index is 0.670. The molecule has 1 aromatic carbocycles. The fraction of sp³-hybridized carbons (Fsp3) is 0.143. The monoisotopic (exact) mass is 196 g/mol. The van der Waals surface area contributed by atoms with Gasteiger partial charge in [-0.3, -0.25) is 0 Å². The molecule has 0 radical (unpaired) electrons. The van der Waals surface area contributed by atoms with Gasteiger partial charge in [0.15, 0.2) is 0 Å². The topological polar surface area (TPSA) is 20.2 Å². The minimum atomic E-state index is -0.789. The third-order valence-electron chi connectivity index (χ3n) is 3.08. The van der Waals surface area contributed by atoms with E-state index in [4.69, 9.17) is 0 Å². The highest BCUT2D eigenvalue weighted by atomic mass is 16.3. The summed E-state index contributed by atoms with van der Waals surface area (Å²) in [5.74, 6) is 0. The number of aliphatic hydroxyl groups is 1. The molecule has 0 spiro atoms. The van der Waals surface area contributed by atoms with Crippen LogP contribution in [0.25, 0.3) is 11.6 Å². The number of hydrogen-bond acceptors (Lipinski definition) is 1. The van der Waals surface area contributed by atoms with Gasteiger partial charge in [-0.1, -0.05) is 48.6 Å². The lowest BCUT2D eigenvalue weighted by atomic mass is 9.77. The largest absolute Gasteiger partial charge is 0.381 e. The lowest BCUT2D eigenvalue weighted by molar-refractivity contribution is 0.155.